The van der Waals surface area contributed by atoms with Gasteiger partial charge >= 0.3 is 26.2 Å². The Hall–Kier alpha value is -1.35. The van der Waals surface area contributed by atoms with Crippen molar-refractivity contribution in [1.29, 1.82) is 0 Å². The molecule has 0 saturated heterocycles. The molecule has 0 bridgehead atoms. The van der Waals surface area contributed by atoms with Crippen LogP contribution in [-0.2, 0) is 26.2 Å². The van der Waals surface area contributed by atoms with Gasteiger partial charge in [0, 0.05) is 0 Å². The molecule has 0 aromatic heterocycles. The fourth-order valence-electron chi connectivity index (χ4n) is 0. The van der Waals surface area contributed by atoms with Crippen molar-refractivity contribution in [3.8, 4) is 0 Å². The van der Waals surface area contributed by atoms with Crippen LogP contribution in [0.25, 0.3) is 0 Å². The van der Waals surface area contributed by atoms with Gasteiger partial charge in [-0.3, -0.25) is 0 Å². The second kappa shape index (κ2) is 22.6. The van der Waals surface area contributed by atoms with Gasteiger partial charge < -0.3 is 50.5 Å². The summed E-state index contributed by atoms with van der Waals surface area (Å²) in [6, 6.07) is 0. The molecule has 4 N–H and O–H groups in total. The third-order valence-corrected chi connectivity index (χ3v) is 0. The number of hydrogen-bond donors (Lipinski definition) is 3. The molecule has 0 aliphatic heterocycles. The average molecular weight is 291 g/mol. The van der Waals surface area contributed by atoms with Crippen LogP contribution < -0.4 is 15.3 Å². The van der Waals surface area contributed by atoms with E-state index in [1.165, 1.54) is 0 Å². The summed E-state index contributed by atoms with van der Waals surface area (Å²) in [6.45, 7) is 0. The fraction of sp³-hybridized carbons (Fsp3) is 0. The van der Waals surface area contributed by atoms with Crippen LogP contribution in [-0.4, -0.2) is 39.3 Å². The first kappa shape index (κ1) is 29.3. The van der Waals surface area contributed by atoms with Gasteiger partial charge in [0.2, 0.25) is 18.5 Å². The van der Waals surface area contributed by atoms with Crippen molar-refractivity contribution in [3.63, 3.8) is 0 Å². The van der Waals surface area contributed by atoms with Crippen molar-refractivity contribution in [2.75, 3.05) is 0 Å². The number of rotatable bonds is 0. The minimum atomic E-state index is -2.08. The summed E-state index contributed by atoms with van der Waals surface area (Å²) in [5, 5.41) is 45.9. The van der Waals surface area contributed by atoms with E-state index in [9.17, 15) is 0 Å². The van der Waals surface area contributed by atoms with Gasteiger partial charge in [-0.2, -0.15) is 0 Å². The third-order valence-electron chi connectivity index (χ3n) is 0. The summed E-state index contributed by atoms with van der Waals surface area (Å²) >= 11 is 0. The summed E-state index contributed by atoms with van der Waals surface area (Å²) in [7, 11) is 0. The summed E-state index contributed by atoms with van der Waals surface area (Å²) in [6.07, 6.45) is -6.25. The molecule has 0 atom stereocenters. The first-order chi connectivity index (χ1) is 5.20. The Kier molecular flexibility index (Phi) is 47.3. The van der Waals surface area contributed by atoms with E-state index in [1.54, 1.807) is 0 Å². The molecule has 10 nitrogen and oxygen atoms in total. The molecule has 0 unspecified atom stereocenters. The molecule has 14 heavy (non-hydrogen) atoms. The van der Waals surface area contributed by atoms with Crippen molar-refractivity contribution in [2.45, 2.75) is 0 Å². The van der Waals surface area contributed by atoms with E-state index in [-0.39, 0.29) is 31.7 Å². The van der Waals surface area contributed by atoms with Crippen LogP contribution in [0.4, 0.5) is 14.4 Å². The van der Waals surface area contributed by atoms with Crippen molar-refractivity contribution < 1.29 is 76.7 Å². The molecule has 80 valence electrons. The fourth-order valence-corrected chi connectivity index (χ4v) is 0. The zero-order chi connectivity index (χ0) is 10.7. The monoisotopic (exact) mass is 290 g/mol. The molecule has 0 aromatic carbocycles. The standard InChI is InChI=1S/3CH2O3.H2O.Zr/c3*2-1(3)4;;/h3*(H2,2,3,4);1H2;/q;;;;+4/p-4. The van der Waals surface area contributed by atoms with E-state index in [4.69, 9.17) is 45.0 Å². The maximum Gasteiger partial charge on any atom is 4.00 e. The molecular weight excluding hydrogens is 287 g/mol. The SMILES string of the molecule is O=C([O-])O.O=C([O-])O.O=C([O-])O.[OH-].[Zr+4]. The van der Waals surface area contributed by atoms with E-state index in [2.05, 4.69) is 0 Å². The Morgan fingerprint density at radius 2 is 0.714 bits per heavy atom. The average Bonchev–Trinajstić information content (AvgIpc) is 1.54. The Labute approximate surface area is 95.5 Å². The molecule has 0 amide bonds. The van der Waals surface area contributed by atoms with Gasteiger partial charge in [-0.05, 0) is 0 Å². The molecule has 0 heterocycles. The van der Waals surface area contributed by atoms with Gasteiger partial charge in [-0.1, -0.05) is 0 Å². The van der Waals surface area contributed by atoms with Gasteiger partial charge in [0.15, 0.2) is 0 Å². The van der Waals surface area contributed by atoms with Crippen LogP contribution in [0.3, 0.4) is 0 Å². The van der Waals surface area contributed by atoms with Gasteiger partial charge in [-0.25, -0.2) is 0 Å². The topological polar surface area (TPSA) is 211 Å². The normalized spacial score (nSPS) is 5.14. The zero-order valence-electron chi connectivity index (χ0n) is 6.24. The minimum absolute atomic E-state index is 0. The molecular formula is C3H4O10Zr. The summed E-state index contributed by atoms with van der Waals surface area (Å²) in [5.41, 5.74) is 0. The van der Waals surface area contributed by atoms with Crippen LogP contribution in [0.1, 0.15) is 0 Å². The number of carbonyl (C=O) groups is 3. The number of hydrogen-bond acceptors (Lipinski definition) is 7. The predicted octanol–water partition coefficient (Wildman–Crippen LogP) is -3.52. The van der Waals surface area contributed by atoms with Crippen molar-refractivity contribution >= 4 is 18.5 Å². The van der Waals surface area contributed by atoms with Crippen LogP contribution in [0.2, 0.25) is 0 Å². The zero-order valence-corrected chi connectivity index (χ0v) is 8.70. The van der Waals surface area contributed by atoms with Crippen LogP contribution in [0, 0.1) is 0 Å². The summed E-state index contributed by atoms with van der Waals surface area (Å²) in [4.78, 5) is 25.3. The molecule has 0 fully saturated rings. The van der Waals surface area contributed by atoms with Gasteiger partial charge in [-0.15, -0.1) is 0 Å². The van der Waals surface area contributed by atoms with E-state index < -0.39 is 18.5 Å². The third kappa shape index (κ3) is 547. The largest absolute Gasteiger partial charge is 4.00 e. The Balaban J connectivity index is -0.0000000270. The van der Waals surface area contributed by atoms with Gasteiger partial charge in [0.05, 0.1) is 0 Å². The van der Waals surface area contributed by atoms with E-state index in [0.29, 0.717) is 0 Å². The van der Waals surface area contributed by atoms with Crippen LogP contribution >= 0.6 is 0 Å². The quantitative estimate of drug-likeness (QED) is 0.400. The van der Waals surface area contributed by atoms with Crippen LogP contribution in [0.5, 0.6) is 0 Å². The maximum atomic E-state index is 8.44. The van der Waals surface area contributed by atoms with E-state index in [1.807, 2.05) is 0 Å². The van der Waals surface area contributed by atoms with Crippen molar-refractivity contribution in [1.82, 2.24) is 0 Å². The van der Waals surface area contributed by atoms with Crippen molar-refractivity contribution in [2.24, 2.45) is 0 Å². The molecule has 11 heteroatoms. The summed E-state index contributed by atoms with van der Waals surface area (Å²) in [5.74, 6) is 0. The van der Waals surface area contributed by atoms with Gasteiger partial charge in [0.25, 0.3) is 0 Å². The number of carboxylic acid groups (broad SMARTS) is 6. The maximum absolute atomic E-state index is 8.44. The molecule has 0 aliphatic carbocycles. The molecule has 0 spiro atoms. The molecule has 0 radical (unpaired) electrons. The Bertz CT molecular complexity index is 113. The van der Waals surface area contributed by atoms with Crippen molar-refractivity contribution in [3.05, 3.63) is 0 Å². The molecule has 0 saturated carbocycles. The molecule has 0 rings (SSSR count). The van der Waals surface area contributed by atoms with Crippen LogP contribution in [0.15, 0.2) is 0 Å². The predicted molar refractivity (Wildman–Crippen MR) is 26.0 cm³/mol. The van der Waals surface area contributed by atoms with E-state index in [0.717, 1.165) is 0 Å². The Morgan fingerprint density at radius 3 is 0.714 bits per heavy atom. The summed E-state index contributed by atoms with van der Waals surface area (Å²) < 4.78 is 0. The second-order valence-corrected chi connectivity index (χ2v) is 0.798. The molecule has 0 aromatic rings. The molecule has 0 aliphatic rings. The first-order valence-corrected chi connectivity index (χ1v) is 1.90. The first-order valence-electron chi connectivity index (χ1n) is 1.90. The van der Waals surface area contributed by atoms with E-state index >= 15 is 0 Å². The Morgan fingerprint density at radius 1 is 0.714 bits per heavy atom. The minimum Gasteiger partial charge on any atom is -0.870 e. The van der Waals surface area contributed by atoms with Gasteiger partial charge in [0.1, 0.15) is 0 Å². The smallest absolute Gasteiger partial charge is 0.870 e. The second-order valence-electron chi connectivity index (χ2n) is 0.798.